The van der Waals surface area contributed by atoms with Crippen LogP contribution in [0.25, 0.3) is 16.9 Å². The van der Waals surface area contributed by atoms with Gasteiger partial charge in [-0.15, -0.1) is 0 Å². The second-order valence-electron chi connectivity index (χ2n) is 7.87. The van der Waals surface area contributed by atoms with E-state index in [1.54, 1.807) is 6.21 Å². The zero-order valence-corrected chi connectivity index (χ0v) is 18.2. The second kappa shape index (κ2) is 8.76. The number of benzene rings is 1. The van der Waals surface area contributed by atoms with Gasteiger partial charge < -0.3 is 9.64 Å². The van der Waals surface area contributed by atoms with Gasteiger partial charge >= 0.3 is 0 Å². The number of ether oxygens (including phenoxy) is 1. The van der Waals surface area contributed by atoms with E-state index in [2.05, 4.69) is 39.5 Å². The number of hydrogen-bond donors (Lipinski definition) is 1. The Morgan fingerprint density at radius 3 is 2.72 bits per heavy atom. The van der Waals surface area contributed by atoms with Gasteiger partial charge in [0.15, 0.2) is 11.5 Å². The molecular formula is C24H25N7O. The molecule has 0 amide bonds. The molecule has 8 heteroatoms. The Kier molecular flexibility index (Phi) is 5.51. The molecule has 0 radical (unpaired) electrons. The largest absolute Gasteiger partial charge is 0.378 e. The van der Waals surface area contributed by atoms with Gasteiger partial charge in [-0.2, -0.15) is 14.7 Å². The van der Waals surface area contributed by atoms with E-state index < -0.39 is 0 Å². The molecule has 0 spiro atoms. The van der Waals surface area contributed by atoms with Crippen LogP contribution < -0.4 is 10.3 Å². The molecule has 4 heterocycles. The van der Waals surface area contributed by atoms with E-state index in [-0.39, 0.29) is 0 Å². The number of nitrogens with zero attached hydrogens (tertiary/aromatic N) is 6. The molecule has 1 aliphatic heterocycles. The summed E-state index contributed by atoms with van der Waals surface area (Å²) in [7, 11) is 0. The maximum Gasteiger partial charge on any atom is 0.160 e. The van der Waals surface area contributed by atoms with Crippen molar-refractivity contribution in [3.05, 3.63) is 71.5 Å². The molecule has 4 aromatic rings. The lowest BCUT2D eigenvalue weighted by Crippen LogP contribution is -2.37. The highest BCUT2D eigenvalue weighted by molar-refractivity contribution is 5.80. The van der Waals surface area contributed by atoms with Crippen molar-refractivity contribution in [3.63, 3.8) is 0 Å². The fourth-order valence-electron chi connectivity index (χ4n) is 3.72. The third kappa shape index (κ3) is 4.31. The minimum Gasteiger partial charge on any atom is -0.378 e. The molecule has 1 N–H and O–H groups in total. The van der Waals surface area contributed by atoms with Crippen molar-refractivity contribution in [1.29, 1.82) is 0 Å². The number of fused-ring (bicyclic) bond motifs is 1. The monoisotopic (exact) mass is 427 g/mol. The Hall–Kier alpha value is -3.78. The number of nitrogens with one attached hydrogen (secondary N) is 1. The first-order valence-electron chi connectivity index (χ1n) is 10.7. The maximum atomic E-state index is 5.54. The highest BCUT2D eigenvalue weighted by Crippen LogP contribution is 2.25. The standard InChI is InChI=1S/C24H25N7O/c1-17-4-3-5-19(12-17)15-26-28-22-14-24(30-8-10-32-11-9-30)31-23(27-22)13-21(29-31)20-7-6-18(2)25-16-20/h3-7,12-16H,8-11H2,1-2H3,(H,27,28)/b26-15+. The number of pyridine rings is 1. The normalized spacial score (nSPS) is 14.4. The van der Waals surface area contributed by atoms with Crippen molar-refractivity contribution >= 4 is 23.5 Å². The fraction of sp³-hybridized carbons (Fsp3) is 0.250. The first kappa shape index (κ1) is 20.1. The van der Waals surface area contributed by atoms with Gasteiger partial charge in [-0.3, -0.25) is 10.4 Å². The Balaban J connectivity index is 1.50. The summed E-state index contributed by atoms with van der Waals surface area (Å²) in [6.07, 6.45) is 3.64. The summed E-state index contributed by atoms with van der Waals surface area (Å²) in [6, 6.07) is 16.2. The van der Waals surface area contributed by atoms with Gasteiger partial charge in [-0.25, -0.2) is 4.98 Å². The number of hydrazone groups is 1. The maximum absolute atomic E-state index is 5.54. The lowest BCUT2D eigenvalue weighted by atomic mass is 10.2. The van der Waals surface area contributed by atoms with Crippen LogP contribution in [0.1, 0.15) is 16.8 Å². The first-order chi connectivity index (χ1) is 15.7. The van der Waals surface area contributed by atoms with Gasteiger partial charge in [0, 0.05) is 42.7 Å². The topological polar surface area (TPSA) is 79.9 Å². The van der Waals surface area contributed by atoms with E-state index in [1.165, 1.54) is 5.56 Å². The van der Waals surface area contributed by atoms with Gasteiger partial charge in [0.2, 0.25) is 0 Å². The van der Waals surface area contributed by atoms with E-state index in [4.69, 9.17) is 14.8 Å². The molecule has 32 heavy (non-hydrogen) atoms. The third-order valence-electron chi connectivity index (χ3n) is 5.39. The minimum absolute atomic E-state index is 0.663. The molecular weight excluding hydrogens is 402 g/mol. The Morgan fingerprint density at radius 1 is 1.06 bits per heavy atom. The second-order valence-corrected chi connectivity index (χ2v) is 7.87. The third-order valence-corrected chi connectivity index (χ3v) is 5.39. The molecule has 0 saturated carbocycles. The van der Waals surface area contributed by atoms with Gasteiger partial charge in [0.1, 0.15) is 5.82 Å². The first-order valence-corrected chi connectivity index (χ1v) is 10.7. The smallest absolute Gasteiger partial charge is 0.160 e. The van der Waals surface area contributed by atoms with E-state index >= 15 is 0 Å². The van der Waals surface area contributed by atoms with Crippen LogP contribution >= 0.6 is 0 Å². The lowest BCUT2D eigenvalue weighted by Gasteiger charge is -2.29. The van der Waals surface area contributed by atoms with Gasteiger partial charge in [-0.05, 0) is 31.5 Å². The number of aryl methyl sites for hydroxylation is 2. The van der Waals surface area contributed by atoms with Crippen molar-refractivity contribution < 1.29 is 4.74 Å². The average molecular weight is 428 g/mol. The van der Waals surface area contributed by atoms with Crippen LogP contribution in [0.3, 0.4) is 0 Å². The van der Waals surface area contributed by atoms with E-state index in [1.807, 2.05) is 54.0 Å². The molecule has 5 rings (SSSR count). The zero-order valence-electron chi connectivity index (χ0n) is 18.2. The van der Waals surface area contributed by atoms with Crippen LogP contribution in [-0.2, 0) is 4.74 Å². The summed E-state index contributed by atoms with van der Waals surface area (Å²) >= 11 is 0. The van der Waals surface area contributed by atoms with Crippen molar-refractivity contribution in [2.24, 2.45) is 5.10 Å². The van der Waals surface area contributed by atoms with E-state index in [0.717, 1.165) is 47.1 Å². The molecule has 8 nitrogen and oxygen atoms in total. The summed E-state index contributed by atoms with van der Waals surface area (Å²) in [5, 5.41) is 9.23. The molecule has 0 atom stereocenters. The molecule has 0 unspecified atom stereocenters. The van der Waals surface area contributed by atoms with E-state index in [9.17, 15) is 0 Å². The Bertz CT molecular complexity index is 1260. The number of anilines is 2. The molecule has 3 aromatic heterocycles. The van der Waals surface area contributed by atoms with Crippen LogP contribution in [0.4, 0.5) is 11.6 Å². The van der Waals surface area contributed by atoms with Gasteiger partial charge in [-0.1, -0.05) is 29.8 Å². The summed E-state index contributed by atoms with van der Waals surface area (Å²) in [5.74, 6) is 1.62. The predicted octanol–water partition coefficient (Wildman–Crippen LogP) is 3.69. The van der Waals surface area contributed by atoms with Crippen molar-refractivity contribution in [2.45, 2.75) is 13.8 Å². The van der Waals surface area contributed by atoms with Crippen LogP contribution in [0, 0.1) is 13.8 Å². The summed E-state index contributed by atoms with van der Waals surface area (Å²) in [4.78, 5) is 11.4. The molecule has 162 valence electrons. The number of hydrogen-bond acceptors (Lipinski definition) is 7. The average Bonchev–Trinajstić information content (AvgIpc) is 3.24. The fourth-order valence-corrected chi connectivity index (χ4v) is 3.72. The van der Waals surface area contributed by atoms with Crippen LogP contribution in [0.15, 0.2) is 59.8 Å². The molecule has 1 aliphatic rings. The van der Waals surface area contributed by atoms with Gasteiger partial charge in [0.25, 0.3) is 0 Å². The van der Waals surface area contributed by atoms with Crippen molar-refractivity contribution in [1.82, 2.24) is 19.6 Å². The van der Waals surface area contributed by atoms with Crippen molar-refractivity contribution in [3.8, 4) is 11.3 Å². The van der Waals surface area contributed by atoms with E-state index in [0.29, 0.717) is 19.0 Å². The predicted molar refractivity (Wildman–Crippen MR) is 126 cm³/mol. The lowest BCUT2D eigenvalue weighted by molar-refractivity contribution is 0.122. The minimum atomic E-state index is 0.663. The van der Waals surface area contributed by atoms with Crippen LogP contribution in [-0.4, -0.2) is 52.1 Å². The van der Waals surface area contributed by atoms with Crippen LogP contribution in [0.2, 0.25) is 0 Å². The number of rotatable bonds is 5. The number of aromatic nitrogens is 4. The number of morpholine rings is 1. The van der Waals surface area contributed by atoms with Crippen LogP contribution in [0.5, 0.6) is 0 Å². The zero-order chi connectivity index (χ0) is 21.9. The Morgan fingerprint density at radius 2 is 1.94 bits per heavy atom. The summed E-state index contributed by atoms with van der Waals surface area (Å²) in [5.41, 5.74) is 8.83. The highest BCUT2D eigenvalue weighted by atomic mass is 16.5. The SMILES string of the molecule is Cc1cccc(/C=N/Nc2cc(N3CCOCC3)n3nc(-c4ccc(C)nc4)cc3n2)c1. The quantitative estimate of drug-likeness (QED) is 0.387. The molecule has 1 saturated heterocycles. The van der Waals surface area contributed by atoms with Crippen molar-refractivity contribution in [2.75, 3.05) is 36.6 Å². The summed E-state index contributed by atoms with van der Waals surface area (Å²) < 4.78 is 7.42. The molecule has 1 fully saturated rings. The molecule has 1 aromatic carbocycles. The molecule has 0 bridgehead atoms. The highest BCUT2D eigenvalue weighted by Gasteiger charge is 2.18. The summed E-state index contributed by atoms with van der Waals surface area (Å²) in [6.45, 7) is 7.01. The van der Waals surface area contributed by atoms with Gasteiger partial charge in [0.05, 0.1) is 25.1 Å². The Labute approximate surface area is 186 Å². The molecule has 0 aliphatic carbocycles.